The molecule has 0 aliphatic heterocycles. The molecule has 3 rings (SSSR count). The zero-order valence-electron chi connectivity index (χ0n) is 17.9. The third kappa shape index (κ3) is 5.45. The molecule has 156 valence electrons. The molecule has 0 N–H and O–H groups in total. The number of carbonyl (C=O) groups excluding carboxylic acids is 2. The zero-order chi connectivity index (χ0) is 19.9. The van der Waals surface area contributed by atoms with Gasteiger partial charge in [-0.2, -0.15) is 0 Å². The molecule has 0 bridgehead atoms. The summed E-state index contributed by atoms with van der Waals surface area (Å²) in [6, 6.07) is 0. The van der Waals surface area contributed by atoms with Crippen LogP contribution in [0.5, 0.6) is 0 Å². The van der Waals surface area contributed by atoms with Crippen molar-refractivity contribution in [1.29, 1.82) is 0 Å². The van der Waals surface area contributed by atoms with Gasteiger partial charge in [-0.1, -0.05) is 64.5 Å². The molecule has 0 aromatic rings. The number of ketones is 2. The van der Waals surface area contributed by atoms with Crippen molar-refractivity contribution in [3.05, 3.63) is 24.3 Å². The van der Waals surface area contributed by atoms with Gasteiger partial charge in [0, 0.05) is 12.3 Å². The molecule has 2 heteroatoms. The van der Waals surface area contributed by atoms with E-state index in [1.165, 1.54) is 57.8 Å². The summed E-state index contributed by atoms with van der Waals surface area (Å²) in [7, 11) is 0. The molecule has 0 aromatic carbocycles. The highest BCUT2D eigenvalue weighted by molar-refractivity contribution is 6.07. The first-order chi connectivity index (χ1) is 13.6. The zero-order valence-corrected chi connectivity index (χ0v) is 17.9. The van der Waals surface area contributed by atoms with Crippen molar-refractivity contribution in [2.75, 3.05) is 0 Å². The number of hydrogen-bond acceptors (Lipinski definition) is 2. The third-order valence-corrected chi connectivity index (χ3v) is 7.85. The van der Waals surface area contributed by atoms with Gasteiger partial charge in [0.1, 0.15) is 5.78 Å². The molecule has 3 unspecified atom stereocenters. The van der Waals surface area contributed by atoms with Gasteiger partial charge in [0.15, 0.2) is 5.78 Å². The number of hydrogen-bond donors (Lipinski definition) is 0. The lowest BCUT2D eigenvalue weighted by Gasteiger charge is -2.40. The maximum absolute atomic E-state index is 12.8. The first-order valence-electron chi connectivity index (χ1n) is 12.0. The average Bonchev–Trinajstić information content (AvgIpc) is 2.75. The third-order valence-electron chi connectivity index (χ3n) is 7.85. The van der Waals surface area contributed by atoms with Crippen LogP contribution in [0.15, 0.2) is 24.3 Å². The molecular formula is C26H40O2. The number of Topliss-reactive ketones (excluding diaryl/α,β-unsaturated/α-hetero) is 2. The van der Waals surface area contributed by atoms with Crippen molar-refractivity contribution in [2.24, 2.45) is 23.7 Å². The minimum absolute atomic E-state index is 0.0931. The van der Waals surface area contributed by atoms with E-state index in [2.05, 4.69) is 13.2 Å². The number of fused-ring (bicyclic) bond motifs is 1. The topological polar surface area (TPSA) is 34.1 Å². The number of allylic oxidation sites excluding steroid dienone is 2. The van der Waals surface area contributed by atoms with E-state index >= 15 is 0 Å². The van der Waals surface area contributed by atoms with E-state index in [-0.39, 0.29) is 5.78 Å². The lowest BCUT2D eigenvalue weighted by molar-refractivity contribution is -0.127. The minimum atomic E-state index is 0.0931. The fraction of sp³-hybridized carbons (Fsp3) is 0.769. The van der Waals surface area contributed by atoms with Gasteiger partial charge < -0.3 is 0 Å². The molecule has 0 heterocycles. The summed E-state index contributed by atoms with van der Waals surface area (Å²) in [6.07, 6.45) is 18.2. The highest BCUT2D eigenvalue weighted by Gasteiger charge is 2.37. The minimum Gasteiger partial charge on any atom is -0.299 e. The van der Waals surface area contributed by atoms with Crippen molar-refractivity contribution < 1.29 is 9.59 Å². The lowest BCUT2D eigenvalue weighted by atomic mass is 9.64. The van der Waals surface area contributed by atoms with Gasteiger partial charge in [0.2, 0.25) is 0 Å². The van der Waals surface area contributed by atoms with Crippen molar-refractivity contribution >= 4 is 11.6 Å². The molecular weight excluding hydrogens is 344 g/mol. The molecule has 3 aliphatic rings. The molecule has 3 fully saturated rings. The smallest absolute Gasteiger partial charge is 0.184 e. The van der Waals surface area contributed by atoms with Crippen LogP contribution in [0.4, 0.5) is 0 Å². The second kappa shape index (κ2) is 10.6. The van der Waals surface area contributed by atoms with Crippen molar-refractivity contribution in [2.45, 2.75) is 103 Å². The molecule has 0 amide bonds. The second-order valence-electron chi connectivity index (χ2n) is 9.71. The average molecular weight is 385 g/mol. The Kier molecular flexibility index (Phi) is 8.11. The highest BCUT2D eigenvalue weighted by Crippen LogP contribution is 2.44. The van der Waals surface area contributed by atoms with Gasteiger partial charge in [-0.25, -0.2) is 0 Å². The Morgan fingerprint density at radius 3 is 2.14 bits per heavy atom. The van der Waals surface area contributed by atoms with Crippen LogP contribution < -0.4 is 0 Å². The SMILES string of the molecule is C=C(CCCCC(=O)C1CCCC2CCCCC21)C(=O)C(=C)C1CCCCC1. The Morgan fingerprint density at radius 1 is 0.714 bits per heavy atom. The summed E-state index contributed by atoms with van der Waals surface area (Å²) in [5.74, 6) is 2.78. The van der Waals surface area contributed by atoms with E-state index in [1.807, 2.05) is 0 Å². The Bertz CT molecular complexity index is 579. The summed E-state index contributed by atoms with van der Waals surface area (Å²) >= 11 is 0. The van der Waals surface area contributed by atoms with Crippen molar-refractivity contribution in [3.63, 3.8) is 0 Å². The molecule has 28 heavy (non-hydrogen) atoms. The monoisotopic (exact) mass is 384 g/mol. The van der Waals surface area contributed by atoms with Crippen LogP contribution in [0.25, 0.3) is 0 Å². The Hall–Kier alpha value is -1.18. The molecule has 0 aromatic heterocycles. The van der Waals surface area contributed by atoms with E-state index in [1.54, 1.807) is 0 Å². The molecule has 0 radical (unpaired) electrons. The summed E-state index contributed by atoms with van der Waals surface area (Å²) in [5, 5.41) is 0. The fourth-order valence-electron chi connectivity index (χ4n) is 6.14. The van der Waals surface area contributed by atoms with Crippen LogP contribution >= 0.6 is 0 Å². The van der Waals surface area contributed by atoms with Gasteiger partial charge in [0.25, 0.3) is 0 Å². The molecule has 3 atom stereocenters. The van der Waals surface area contributed by atoms with E-state index in [9.17, 15) is 9.59 Å². The summed E-state index contributed by atoms with van der Waals surface area (Å²) in [5.41, 5.74) is 1.49. The van der Waals surface area contributed by atoms with Crippen LogP contribution in [-0.4, -0.2) is 11.6 Å². The van der Waals surface area contributed by atoms with Crippen molar-refractivity contribution in [1.82, 2.24) is 0 Å². The quantitative estimate of drug-likeness (QED) is 0.317. The number of unbranched alkanes of at least 4 members (excludes halogenated alkanes) is 1. The molecule has 2 nitrogen and oxygen atoms in total. The molecule has 0 saturated heterocycles. The summed E-state index contributed by atoms with van der Waals surface area (Å²) < 4.78 is 0. The van der Waals surface area contributed by atoms with Gasteiger partial charge in [-0.3, -0.25) is 9.59 Å². The predicted molar refractivity (Wildman–Crippen MR) is 116 cm³/mol. The van der Waals surface area contributed by atoms with Crippen LogP contribution in [-0.2, 0) is 9.59 Å². The van der Waals surface area contributed by atoms with Crippen LogP contribution in [0, 0.1) is 23.7 Å². The fourth-order valence-corrected chi connectivity index (χ4v) is 6.14. The number of rotatable bonds is 9. The lowest BCUT2D eigenvalue weighted by Crippen LogP contribution is -2.35. The first-order valence-corrected chi connectivity index (χ1v) is 12.0. The normalized spacial score (nSPS) is 28.4. The van der Waals surface area contributed by atoms with E-state index < -0.39 is 0 Å². The Morgan fingerprint density at radius 2 is 1.36 bits per heavy atom. The van der Waals surface area contributed by atoms with Gasteiger partial charge in [-0.15, -0.1) is 0 Å². The largest absolute Gasteiger partial charge is 0.299 e. The Balaban J connectivity index is 1.37. The molecule has 3 saturated carbocycles. The van der Waals surface area contributed by atoms with E-state index in [4.69, 9.17) is 0 Å². The van der Waals surface area contributed by atoms with Gasteiger partial charge >= 0.3 is 0 Å². The van der Waals surface area contributed by atoms with E-state index in [0.717, 1.165) is 43.6 Å². The second-order valence-corrected chi connectivity index (χ2v) is 9.71. The summed E-state index contributed by atoms with van der Waals surface area (Å²) in [6.45, 7) is 8.13. The van der Waals surface area contributed by atoms with Gasteiger partial charge in [-0.05, 0) is 73.8 Å². The van der Waals surface area contributed by atoms with E-state index in [0.29, 0.717) is 42.0 Å². The van der Waals surface area contributed by atoms with Crippen LogP contribution in [0.3, 0.4) is 0 Å². The maximum atomic E-state index is 12.8. The number of carbonyl (C=O) groups is 2. The summed E-state index contributed by atoms with van der Waals surface area (Å²) in [4.78, 5) is 25.5. The highest BCUT2D eigenvalue weighted by atomic mass is 16.1. The first kappa shape index (κ1) is 21.5. The maximum Gasteiger partial charge on any atom is 0.184 e. The van der Waals surface area contributed by atoms with Crippen molar-refractivity contribution in [3.8, 4) is 0 Å². The van der Waals surface area contributed by atoms with Crippen LogP contribution in [0.2, 0.25) is 0 Å². The molecule has 0 spiro atoms. The Labute approximate surface area is 172 Å². The predicted octanol–water partition coefficient (Wildman–Crippen LogP) is 6.98. The standard InChI is InChI=1S/C26H40O2/c1-19(26(28)20(2)21-12-4-3-5-13-21)11-6-9-18-25(27)24-17-10-15-22-14-7-8-16-23(22)24/h21-24H,1-18H2. The van der Waals surface area contributed by atoms with Gasteiger partial charge in [0.05, 0.1) is 0 Å². The van der Waals surface area contributed by atoms with Crippen LogP contribution in [0.1, 0.15) is 103 Å². The molecule has 3 aliphatic carbocycles.